The fourth-order valence-corrected chi connectivity index (χ4v) is 3.02. The van der Waals surface area contributed by atoms with Crippen LogP contribution < -0.4 is 11.5 Å². The molecule has 0 spiro atoms. The van der Waals surface area contributed by atoms with Gasteiger partial charge in [-0.3, -0.25) is 4.79 Å². The van der Waals surface area contributed by atoms with Gasteiger partial charge in [-0.1, -0.05) is 23.7 Å². The summed E-state index contributed by atoms with van der Waals surface area (Å²) in [6.07, 6.45) is 0. The lowest BCUT2D eigenvalue weighted by atomic mass is 10.3. The van der Waals surface area contributed by atoms with Crippen LogP contribution in [0.3, 0.4) is 0 Å². The third-order valence-electron chi connectivity index (χ3n) is 2.14. The third-order valence-corrected chi connectivity index (χ3v) is 4.56. The number of carboxylic acids is 1. The summed E-state index contributed by atoms with van der Waals surface area (Å²) in [5, 5.41) is 6.85. The second-order valence-corrected chi connectivity index (χ2v) is 5.79. The van der Waals surface area contributed by atoms with Crippen molar-refractivity contribution in [2.75, 3.05) is 0 Å². The Kier molecular flexibility index (Phi) is 4.10. The molecule has 1 aromatic carbocycles. The lowest BCUT2D eigenvalue weighted by Crippen LogP contribution is -2.51. The third kappa shape index (κ3) is 2.75. The van der Waals surface area contributed by atoms with Crippen LogP contribution in [-0.4, -0.2) is 30.9 Å². The minimum absolute atomic E-state index is 0.0273. The van der Waals surface area contributed by atoms with Crippen LogP contribution >= 0.6 is 11.6 Å². The average Bonchev–Trinajstić information content (AvgIpc) is 2.27. The molecule has 6 nitrogen and oxygen atoms in total. The van der Waals surface area contributed by atoms with E-state index in [1.54, 1.807) is 6.07 Å². The Labute approximate surface area is 103 Å². The van der Waals surface area contributed by atoms with Crippen LogP contribution in [0.15, 0.2) is 29.2 Å². The van der Waals surface area contributed by atoms with E-state index in [4.69, 9.17) is 28.2 Å². The zero-order chi connectivity index (χ0) is 13.2. The molecule has 0 aliphatic carbocycles. The summed E-state index contributed by atoms with van der Waals surface area (Å²) in [6, 6.07) is 3.90. The molecule has 0 saturated carbocycles. The second-order valence-electron chi connectivity index (χ2n) is 3.30. The Morgan fingerprint density at radius 2 is 1.82 bits per heavy atom. The zero-order valence-electron chi connectivity index (χ0n) is 8.58. The van der Waals surface area contributed by atoms with Crippen LogP contribution in [-0.2, 0) is 14.6 Å². The van der Waals surface area contributed by atoms with Crippen molar-refractivity contribution in [3.8, 4) is 0 Å². The van der Waals surface area contributed by atoms with E-state index < -0.39 is 27.2 Å². The molecule has 0 aromatic heterocycles. The van der Waals surface area contributed by atoms with Gasteiger partial charge < -0.3 is 16.6 Å². The molecule has 94 valence electrons. The largest absolute Gasteiger partial charge is 0.480 e. The number of carbonyl (C=O) groups is 1. The van der Waals surface area contributed by atoms with Crippen molar-refractivity contribution < 1.29 is 18.3 Å². The van der Waals surface area contributed by atoms with Crippen LogP contribution in [0.2, 0.25) is 5.02 Å². The van der Waals surface area contributed by atoms with Gasteiger partial charge in [0.05, 0.1) is 9.92 Å². The van der Waals surface area contributed by atoms with Gasteiger partial charge in [-0.2, -0.15) is 0 Å². The Hall–Kier alpha value is -1.15. The second kappa shape index (κ2) is 5.01. The van der Waals surface area contributed by atoms with Crippen molar-refractivity contribution in [1.82, 2.24) is 0 Å². The average molecular weight is 279 g/mol. The van der Waals surface area contributed by atoms with Crippen LogP contribution in [0, 0.1) is 0 Å². The number of nitrogens with two attached hydrogens (primary N) is 2. The lowest BCUT2D eigenvalue weighted by Gasteiger charge is -2.17. The van der Waals surface area contributed by atoms with Gasteiger partial charge in [-0.25, -0.2) is 8.42 Å². The van der Waals surface area contributed by atoms with E-state index in [0.717, 1.165) is 0 Å². The molecular formula is C9H11ClN2O4S. The number of benzene rings is 1. The highest BCUT2D eigenvalue weighted by Crippen LogP contribution is 2.23. The molecule has 17 heavy (non-hydrogen) atoms. The van der Waals surface area contributed by atoms with E-state index in [2.05, 4.69) is 0 Å². The van der Waals surface area contributed by atoms with Crippen LogP contribution in [0.4, 0.5) is 0 Å². The molecule has 0 fully saturated rings. The first-order valence-electron chi connectivity index (χ1n) is 4.51. The molecule has 5 N–H and O–H groups in total. The van der Waals surface area contributed by atoms with Crippen molar-refractivity contribution in [3.05, 3.63) is 29.3 Å². The standard InChI is InChI=1S/C9H11ClN2O4S/c10-5-3-1-2-4-6(5)17(15,16)8(12)7(11)9(13)14/h1-4,7-8H,11-12H2,(H,13,14). The Morgan fingerprint density at radius 3 is 2.29 bits per heavy atom. The number of halogens is 1. The Bertz CT molecular complexity index is 532. The first-order valence-corrected chi connectivity index (χ1v) is 6.43. The van der Waals surface area contributed by atoms with Gasteiger partial charge in [-0.05, 0) is 12.1 Å². The number of hydrogen-bond acceptors (Lipinski definition) is 5. The van der Waals surface area contributed by atoms with E-state index in [1.165, 1.54) is 18.2 Å². The lowest BCUT2D eigenvalue weighted by molar-refractivity contribution is -0.138. The summed E-state index contributed by atoms with van der Waals surface area (Å²) in [6.45, 7) is 0. The Morgan fingerprint density at radius 1 is 1.29 bits per heavy atom. The van der Waals surface area contributed by atoms with E-state index >= 15 is 0 Å². The van der Waals surface area contributed by atoms with E-state index in [0.29, 0.717) is 0 Å². The summed E-state index contributed by atoms with van der Waals surface area (Å²) in [5.41, 5.74) is 10.5. The molecule has 1 rings (SSSR count). The summed E-state index contributed by atoms with van der Waals surface area (Å²) >= 11 is 5.71. The molecule has 0 radical (unpaired) electrons. The van der Waals surface area contributed by atoms with Crippen LogP contribution in [0.25, 0.3) is 0 Å². The number of rotatable bonds is 4. The van der Waals surface area contributed by atoms with Gasteiger partial charge in [0.25, 0.3) is 0 Å². The molecule has 0 amide bonds. The first kappa shape index (κ1) is 13.9. The van der Waals surface area contributed by atoms with Crippen molar-refractivity contribution >= 4 is 27.4 Å². The van der Waals surface area contributed by atoms with Gasteiger partial charge in [0.2, 0.25) is 0 Å². The van der Waals surface area contributed by atoms with Gasteiger partial charge in [0.15, 0.2) is 9.84 Å². The van der Waals surface area contributed by atoms with Gasteiger partial charge in [0, 0.05) is 0 Å². The molecule has 1 aromatic rings. The van der Waals surface area contributed by atoms with E-state index in [1.807, 2.05) is 0 Å². The molecule has 0 aliphatic heterocycles. The van der Waals surface area contributed by atoms with Crippen LogP contribution in [0.5, 0.6) is 0 Å². The first-order chi connectivity index (χ1) is 7.78. The van der Waals surface area contributed by atoms with E-state index in [9.17, 15) is 13.2 Å². The summed E-state index contributed by atoms with van der Waals surface area (Å²) in [4.78, 5) is 10.4. The number of aliphatic carboxylic acids is 1. The monoisotopic (exact) mass is 278 g/mol. The van der Waals surface area contributed by atoms with Crippen molar-refractivity contribution in [2.24, 2.45) is 11.5 Å². The van der Waals surface area contributed by atoms with Gasteiger partial charge in [0.1, 0.15) is 11.4 Å². The summed E-state index contributed by atoms with van der Waals surface area (Å²) in [7, 11) is -4.07. The minimum atomic E-state index is -4.07. The smallest absolute Gasteiger partial charge is 0.323 e. The molecule has 2 atom stereocenters. The quantitative estimate of drug-likeness (QED) is 0.701. The molecular weight excluding hydrogens is 268 g/mol. The molecule has 0 saturated heterocycles. The maximum atomic E-state index is 11.9. The molecule has 0 bridgehead atoms. The highest BCUT2D eigenvalue weighted by Gasteiger charge is 2.34. The van der Waals surface area contributed by atoms with Gasteiger partial charge in [-0.15, -0.1) is 0 Å². The predicted octanol–water partition coefficient (Wildman–Crippen LogP) is -0.190. The Balaban J connectivity index is 3.21. The SMILES string of the molecule is NC(C(=O)O)C(N)S(=O)(=O)c1ccccc1Cl. The molecule has 0 aliphatic rings. The predicted molar refractivity (Wildman–Crippen MR) is 62.2 cm³/mol. The maximum absolute atomic E-state index is 11.9. The molecule has 8 heteroatoms. The number of hydrogen-bond donors (Lipinski definition) is 3. The number of sulfone groups is 1. The highest BCUT2D eigenvalue weighted by molar-refractivity contribution is 7.92. The molecule has 0 heterocycles. The zero-order valence-corrected chi connectivity index (χ0v) is 10.1. The van der Waals surface area contributed by atoms with Gasteiger partial charge >= 0.3 is 5.97 Å². The van der Waals surface area contributed by atoms with Crippen molar-refractivity contribution in [3.63, 3.8) is 0 Å². The highest BCUT2D eigenvalue weighted by atomic mass is 35.5. The van der Waals surface area contributed by atoms with Crippen molar-refractivity contribution in [2.45, 2.75) is 16.3 Å². The fraction of sp³-hybridized carbons (Fsp3) is 0.222. The van der Waals surface area contributed by atoms with Crippen LogP contribution in [0.1, 0.15) is 0 Å². The summed E-state index contributed by atoms with van der Waals surface area (Å²) in [5.74, 6) is -1.49. The summed E-state index contributed by atoms with van der Waals surface area (Å²) < 4.78 is 23.9. The number of carboxylic acid groups (broad SMARTS) is 1. The van der Waals surface area contributed by atoms with Crippen molar-refractivity contribution in [1.29, 1.82) is 0 Å². The van der Waals surface area contributed by atoms with E-state index in [-0.39, 0.29) is 9.92 Å². The minimum Gasteiger partial charge on any atom is -0.480 e. The molecule has 2 unspecified atom stereocenters. The topological polar surface area (TPSA) is 123 Å². The fourth-order valence-electron chi connectivity index (χ4n) is 1.16. The maximum Gasteiger partial charge on any atom is 0.323 e. The normalized spacial score (nSPS) is 15.2.